The van der Waals surface area contributed by atoms with Crippen LogP contribution in [0.25, 0.3) is 11.3 Å². The van der Waals surface area contributed by atoms with Gasteiger partial charge in [-0.25, -0.2) is 4.98 Å². The number of anilines is 2. The molecule has 1 aromatic carbocycles. The Labute approximate surface area is 104 Å². The minimum atomic E-state index is 0.470. The van der Waals surface area contributed by atoms with Crippen LogP contribution < -0.4 is 16.2 Å². The number of nitrogens with zero attached hydrogens (tertiary/aromatic N) is 1. The molecule has 0 saturated carbocycles. The van der Waals surface area contributed by atoms with Crippen LogP contribution in [0.5, 0.6) is 5.75 Å². The number of hydrogen-bond donors (Lipinski definition) is 2. The van der Waals surface area contributed by atoms with E-state index < -0.39 is 0 Å². The highest BCUT2D eigenvalue weighted by atomic mass is 32.1. The van der Waals surface area contributed by atoms with Gasteiger partial charge in [0.05, 0.1) is 7.11 Å². The smallest absolute Gasteiger partial charge is 0.182 e. The van der Waals surface area contributed by atoms with Crippen molar-refractivity contribution in [3.63, 3.8) is 0 Å². The van der Waals surface area contributed by atoms with Crippen molar-refractivity contribution in [2.45, 2.75) is 13.8 Å². The molecule has 1 heterocycles. The van der Waals surface area contributed by atoms with Gasteiger partial charge in [0.1, 0.15) is 16.4 Å². The number of aromatic nitrogens is 1. The summed E-state index contributed by atoms with van der Waals surface area (Å²) in [6.07, 6.45) is 0. The maximum Gasteiger partial charge on any atom is 0.182 e. The second-order valence-corrected chi connectivity index (χ2v) is 4.96. The highest BCUT2D eigenvalue weighted by Crippen LogP contribution is 2.38. The molecule has 4 N–H and O–H groups in total. The molecule has 2 aromatic rings. The number of aryl methyl sites for hydroxylation is 2. The van der Waals surface area contributed by atoms with Gasteiger partial charge in [0.2, 0.25) is 0 Å². The molecule has 0 fully saturated rings. The zero-order valence-corrected chi connectivity index (χ0v) is 10.9. The Morgan fingerprint density at radius 1 is 1.18 bits per heavy atom. The summed E-state index contributed by atoms with van der Waals surface area (Å²) in [5.74, 6) is 0.769. The first kappa shape index (κ1) is 11.7. The molecule has 0 spiro atoms. The van der Waals surface area contributed by atoms with Gasteiger partial charge in [0.25, 0.3) is 0 Å². The standard InChI is InChI=1S/C12H15N3OS/c1-6-4-8(9(16-3)5-7(6)2)10-11(13)17-12(14)15-10/h4-5H,13H2,1-3H3,(H2,14,15). The van der Waals surface area contributed by atoms with Gasteiger partial charge in [-0.15, -0.1) is 0 Å². The Morgan fingerprint density at radius 3 is 2.35 bits per heavy atom. The van der Waals surface area contributed by atoms with Crippen molar-refractivity contribution in [3.8, 4) is 17.0 Å². The summed E-state index contributed by atoms with van der Waals surface area (Å²) >= 11 is 1.28. The molecular formula is C12H15N3OS. The molecule has 0 amide bonds. The van der Waals surface area contributed by atoms with E-state index in [0.29, 0.717) is 15.8 Å². The lowest BCUT2D eigenvalue weighted by atomic mass is 10.0. The number of rotatable bonds is 2. The molecule has 0 radical (unpaired) electrons. The molecular weight excluding hydrogens is 234 g/mol. The van der Waals surface area contributed by atoms with E-state index >= 15 is 0 Å². The zero-order chi connectivity index (χ0) is 12.6. The molecule has 0 saturated heterocycles. The first-order valence-corrected chi connectivity index (χ1v) is 6.02. The summed E-state index contributed by atoms with van der Waals surface area (Å²) in [5.41, 5.74) is 15.5. The van der Waals surface area contributed by atoms with Gasteiger partial charge in [0, 0.05) is 5.56 Å². The molecule has 0 aliphatic rings. The van der Waals surface area contributed by atoms with Crippen molar-refractivity contribution in [2.24, 2.45) is 0 Å². The topological polar surface area (TPSA) is 74.2 Å². The fourth-order valence-electron chi connectivity index (χ4n) is 1.69. The maximum atomic E-state index is 5.91. The van der Waals surface area contributed by atoms with E-state index in [0.717, 1.165) is 11.3 Å². The Balaban J connectivity index is 2.66. The van der Waals surface area contributed by atoms with Crippen LogP contribution in [0.2, 0.25) is 0 Å². The molecule has 4 nitrogen and oxygen atoms in total. The molecule has 17 heavy (non-hydrogen) atoms. The first-order valence-electron chi connectivity index (χ1n) is 5.20. The number of hydrogen-bond acceptors (Lipinski definition) is 5. The summed E-state index contributed by atoms with van der Waals surface area (Å²) in [4.78, 5) is 4.25. The SMILES string of the molecule is COc1cc(C)c(C)cc1-c1nc(N)sc1N. The first-order chi connectivity index (χ1) is 8.02. The van der Waals surface area contributed by atoms with Gasteiger partial charge in [-0.2, -0.15) is 0 Å². The lowest BCUT2D eigenvalue weighted by Crippen LogP contribution is -1.94. The summed E-state index contributed by atoms with van der Waals surface area (Å²) in [5, 5.41) is 1.09. The minimum absolute atomic E-state index is 0.470. The van der Waals surface area contributed by atoms with Crippen molar-refractivity contribution in [1.29, 1.82) is 0 Å². The van der Waals surface area contributed by atoms with Crippen LogP contribution in [0.1, 0.15) is 11.1 Å². The number of methoxy groups -OCH3 is 1. The van der Waals surface area contributed by atoms with Gasteiger partial charge in [-0.05, 0) is 37.1 Å². The fraction of sp³-hybridized carbons (Fsp3) is 0.250. The van der Waals surface area contributed by atoms with Crippen molar-refractivity contribution >= 4 is 21.5 Å². The Kier molecular flexibility index (Phi) is 2.93. The quantitative estimate of drug-likeness (QED) is 0.858. The summed E-state index contributed by atoms with van der Waals surface area (Å²) in [6, 6.07) is 4.01. The molecule has 0 atom stereocenters. The van der Waals surface area contributed by atoms with E-state index in [1.807, 2.05) is 26.0 Å². The van der Waals surface area contributed by atoms with Crippen LogP contribution in [0.15, 0.2) is 12.1 Å². The predicted molar refractivity (Wildman–Crippen MR) is 72.4 cm³/mol. The van der Waals surface area contributed by atoms with Gasteiger partial charge < -0.3 is 16.2 Å². The summed E-state index contributed by atoms with van der Waals surface area (Å²) < 4.78 is 5.37. The van der Waals surface area contributed by atoms with E-state index in [2.05, 4.69) is 4.98 Å². The van der Waals surface area contributed by atoms with Crippen LogP contribution in [-0.4, -0.2) is 12.1 Å². The van der Waals surface area contributed by atoms with Crippen LogP contribution in [0.4, 0.5) is 10.1 Å². The predicted octanol–water partition coefficient (Wildman–Crippen LogP) is 2.60. The van der Waals surface area contributed by atoms with Crippen LogP contribution >= 0.6 is 11.3 Å². The molecule has 90 valence electrons. The van der Waals surface area contributed by atoms with E-state index in [1.165, 1.54) is 22.5 Å². The molecule has 0 unspecified atom stereocenters. The summed E-state index contributed by atoms with van der Waals surface area (Å²) in [7, 11) is 1.64. The molecule has 5 heteroatoms. The van der Waals surface area contributed by atoms with Crippen LogP contribution in [0, 0.1) is 13.8 Å². The molecule has 0 aliphatic heterocycles. The lowest BCUT2D eigenvalue weighted by Gasteiger charge is -2.10. The van der Waals surface area contributed by atoms with Gasteiger partial charge >= 0.3 is 0 Å². The van der Waals surface area contributed by atoms with Gasteiger partial charge in [-0.1, -0.05) is 11.3 Å². The Bertz CT molecular complexity index is 563. The maximum absolute atomic E-state index is 5.91. The fourth-order valence-corrected chi connectivity index (χ4v) is 2.30. The molecule has 0 bridgehead atoms. The van der Waals surface area contributed by atoms with Crippen LogP contribution in [0.3, 0.4) is 0 Å². The van der Waals surface area contributed by atoms with Crippen molar-refractivity contribution in [1.82, 2.24) is 4.98 Å². The highest BCUT2D eigenvalue weighted by Gasteiger charge is 2.15. The number of nitrogens with two attached hydrogens (primary N) is 2. The third-order valence-corrected chi connectivity index (χ3v) is 3.45. The zero-order valence-electron chi connectivity index (χ0n) is 10.1. The number of thiazole rings is 1. The largest absolute Gasteiger partial charge is 0.496 e. The summed E-state index contributed by atoms with van der Waals surface area (Å²) in [6.45, 7) is 4.09. The van der Waals surface area contributed by atoms with Crippen molar-refractivity contribution in [2.75, 3.05) is 18.6 Å². The van der Waals surface area contributed by atoms with Gasteiger partial charge in [0.15, 0.2) is 5.13 Å². The van der Waals surface area contributed by atoms with Gasteiger partial charge in [-0.3, -0.25) is 0 Å². The average molecular weight is 249 g/mol. The highest BCUT2D eigenvalue weighted by molar-refractivity contribution is 7.19. The normalized spacial score (nSPS) is 10.5. The van der Waals surface area contributed by atoms with E-state index in [1.54, 1.807) is 7.11 Å². The van der Waals surface area contributed by atoms with E-state index in [4.69, 9.17) is 16.2 Å². The van der Waals surface area contributed by atoms with Crippen molar-refractivity contribution in [3.05, 3.63) is 23.3 Å². The number of nitrogen functional groups attached to an aromatic ring is 2. The molecule has 1 aromatic heterocycles. The number of ether oxygens (including phenoxy) is 1. The van der Waals surface area contributed by atoms with E-state index in [-0.39, 0.29) is 0 Å². The lowest BCUT2D eigenvalue weighted by molar-refractivity contribution is 0.416. The second kappa shape index (κ2) is 4.25. The van der Waals surface area contributed by atoms with Crippen molar-refractivity contribution < 1.29 is 4.74 Å². The third kappa shape index (κ3) is 2.06. The third-order valence-electron chi connectivity index (χ3n) is 2.74. The van der Waals surface area contributed by atoms with Crippen LogP contribution in [-0.2, 0) is 0 Å². The monoisotopic (exact) mass is 249 g/mol. The minimum Gasteiger partial charge on any atom is -0.496 e. The molecule has 0 aliphatic carbocycles. The average Bonchev–Trinajstić information content (AvgIpc) is 2.61. The second-order valence-electron chi connectivity index (χ2n) is 3.90. The number of benzene rings is 1. The van der Waals surface area contributed by atoms with E-state index in [9.17, 15) is 0 Å². The Hall–Kier alpha value is -1.75. The Morgan fingerprint density at radius 2 is 1.82 bits per heavy atom. The molecule has 2 rings (SSSR count).